The van der Waals surface area contributed by atoms with Crippen LogP contribution in [-0.2, 0) is 6.54 Å². The van der Waals surface area contributed by atoms with E-state index in [0.29, 0.717) is 11.9 Å². The second-order valence-electron chi connectivity index (χ2n) is 2.90. The van der Waals surface area contributed by atoms with Gasteiger partial charge in [-0.2, -0.15) is 0 Å². The molecule has 0 aliphatic heterocycles. The molecule has 1 N–H and O–H groups in total. The van der Waals surface area contributed by atoms with Crippen molar-refractivity contribution in [2.45, 2.75) is 19.5 Å². The van der Waals surface area contributed by atoms with Gasteiger partial charge in [-0.15, -0.1) is 11.6 Å². The maximum atomic E-state index is 5.65. The number of hydrogen-bond donors (Lipinski definition) is 1. The maximum Gasteiger partial charge on any atom is 0.0542 e. The van der Waals surface area contributed by atoms with E-state index in [9.17, 15) is 0 Å². The number of alkyl halides is 1. The fourth-order valence-electron chi connectivity index (χ4n) is 0.844. The van der Waals surface area contributed by atoms with Gasteiger partial charge in [-0.25, -0.2) is 0 Å². The van der Waals surface area contributed by atoms with Gasteiger partial charge in [-0.3, -0.25) is 4.98 Å². The van der Waals surface area contributed by atoms with Crippen LogP contribution in [0, 0.1) is 0 Å². The summed E-state index contributed by atoms with van der Waals surface area (Å²) in [6, 6.07) is 4.29. The lowest BCUT2D eigenvalue weighted by Gasteiger charge is -2.09. The highest BCUT2D eigenvalue weighted by atomic mass is 79.9. The van der Waals surface area contributed by atoms with Gasteiger partial charge in [0.2, 0.25) is 0 Å². The van der Waals surface area contributed by atoms with Gasteiger partial charge in [-0.05, 0) is 35.0 Å². The molecule has 1 aromatic heterocycles. The SMILES string of the molecule is CC(CCl)NCc1ccc(Br)cn1. The molecule has 0 saturated carbocycles. The number of hydrogen-bond acceptors (Lipinski definition) is 2. The smallest absolute Gasteiger partial charge is 0.0542 e. The Labute approximate surface area is 91.8 Å². The Bertz CT molecular complexity index is 250. The minimum absolute atomic E-state index is 0.326. The molecule has 1 atom stereocenters. The molecule has 1 unspecified atom stereocenters. The molecule has 0 aliphatic rings. The largest absolute Gasteiger partial charge is 0.307 e. The maximum absolute atomic E-state index is 5.65. The summed E-state index contributed by atoms with van der Waals surface area (Å²) in [4.78, 5) is 4.23. The van der Waals surface area contributed by atoms with Crippen molar-refractivity contribution in [3.05, 3.63) is 28.5 Å². The quantitative estimate of drug-likeness (QED) is 0.845. The van der Waals surface area contributed by atoms with E-state index in [1.807, 2.05) is 19.1 Å². The van der Waals surface area contributed by atoms with Crippen LogP contribution < -0.4 is 5.32 Å². The molecule has 1 rings (SSSR count). The van der Waals surface area contributed by atoms with Crippen LogP contribution >= 0.6 is 27.5 Å². The van der Waals surface area contributed by atoms with E-state index in [-0.39, 0.29) is 0 Å². The highest BCUT2D eigenvalue weighted by Gasteiger charge is 1.99. The van der Waals surface area contributed by atoms with Gasteiger partial charge >= 0.3 is 0 Å². The number of halogens is 2. The third kappa shape index (κ3) is 4.07. The van der Waals surface area contributed by atoms with Gasteiger partial charge in [0.05, 0.1) is 5.69 Å². The zero-order valence-corrected chi connectivity index (χ0v) is 9.77. The van der Waals surface area contributed by atoms with Gasteiger partial charge in [-0.1, -0.05) is 0 Å². The second kappa shape index (κ2) is 5.58. The monoisotopic (exact) mass is 262 g/mol. The number of pyridine rings is 1. The van der Waals surface area contributed by atoms with E-state index >= 15 is 0 Å². The lowest BCUT2D eigenvalue weighted by molar-refractivity contribution is 0.586. The van der Waals surface area contributed by atoms with Crippen molar-refractivity contribution >= 4 is 27.5 Å². The summed E-state index contributed by atoms with van der Waals surface area (Å²) < 4.78 is 1.00. The normalized spacial score (nSPS) is 12.8. The second-order valence-corrected chi connectivity index (χ2v) is 4.13. The summed E-state index contributed by atoms with van der Waals surface area (Å²) in [5.74, 6) is 0.622. The summed E-state index contributed by atoms with van der Waals surface area (Å²) in [5, 5.41) is 3.26. The molecule has 2 nitrogen and oxygen atoms in total. The first-order valence-electron chi connectivity index (χ1n) is 4.12. The van der Waals surface area contributed by atoms with E-state index in [0.717, 1.165) is 16.7 Å². The molecule has 0 radical (unpaired) electrons. The predicted molar refractivity (Wildman–Crippen MR) is 59.0 cm³/mol. The molecular weight excluding hydrogens is 251 g/mol. The van der Waals surface area contributed by atoms with Crippen LogP contribution in [0.15, 0.2) is 22.8 Å². The molecule has 0 aliphatic carbocycles. The van der Waals surface area contributed by atoms with Crippen molar-refractivity contribution in [1.82, 2.24) is 10.3 Å². The van der Waals surface area contributed by atoms with E-state index < -0.39 is 0 Å². The van der Waals surface area contributed by atoms with E-state index in [1.165, 1.54) is 0 Å². The molecule has 0 bridgehead atoms. The van der Waals surface area contributed by atoms with Gasteiger partial charge in [0.25, 0.3) is 0 Å². The van der Waals surface area contributed by atoms with E-state index in [1.54, 1.807) is 6.20 Å². The Morgan fingerprint density at radius 1 is 1.62 bits per heavy atom. The van der Waals surface area contributed by atoms with Crippen LogP contribution in [0.2, 0.25) is 0 Å². The highest BCUT2D eigenvalue weighted by Crippen LogP contribution is 2.07. The molecule has 0 amide bonds. The van der Waals surface area contributed by atoms with Crippen molar-refractivity contribution < 1.29 is 0 Å². The van der Waals surface area contributed by atoms with Gasteiger partial charge in [0, 0.05) is 29.1 Å². The summed E-state index contributed by atoms with van der Waals surface area (Å²) >= 11 is 8.99. The first kappa shape index (κ1) is 11.0. The lowest BCUT2D eigenvalue weighted by atomic mass is 10.3. The molecule has 1 aromatic rings. The third-order valence-corrected chi connectivity index (χ3v) is 2.58. The van der Waals surface area contributed by atoms with Gasteiger partial charge in [0.15, 0.2) is 0 Å². The average molecular weight is 264 g/mol. The van der Waals surface area contributed by atoms with Gasteiger partial charge in [0.1, 0.15) is 0 Å². The van der Waals surface area contributed by atoms with Crippen LogP contribution in [-0.4, -0.2) is 16.9 Å². The summed E-state index contributed by atoms with van der Waals surface area (Å²) in [7, 11) is 0. The first-order valence-corrected chi connectivity index (χ1v) is 5.45. The standard InChI is InChI=1S/C9H12BrClN2/c1-7(4-11)12-6-9-3-2-8(10)5-13-9/h2-3,5,7,12H,4,6H2,1H3. The number of nitrogens with one attached hydrogen (secondary N) is 1. The molecule has 13 heavy (non-hydrogen) atoms. The predicted octanol–water partition coefficient (Wildman–Crippen LogP) is 2.56. The Morgan fingerprint density at radius 3 is 2.92 bits per heavy atom. The number of nitrogens with zero attached hydrogens (tertiary/aromatic N) is 1. The van der Waals surface area contributed by atoms with Crippen molar-refractivity contribution in [3.8, 4) is 0 Å². The Kier molecular flexibility index (Phi) is 4.70. The van der Waals surface area contributed by atoms with Crippen molar-refractivity contribution in [2.75, 3.05) is 5.88 Å². The van der Waals surface area contributed by atoms with Crippen molar-refractivity contribution in [3.63, 3.8) is 0 Å². The van der Waals surface area contributed by atoms with Crippen LogP contribution in [0.4, 0.5) is 0 Å². The third-order valence-electron chi connectivity index (χ3n) is 1.65. The van der Waals surface area contributed by atoms with Crippen LogP contribution in [0.5, 0.6) is 0 Å². The van der Waals surface area contributed by atoms with Crippen molar-refractivity contribution in [2.24, 2.45) is 0 Å². The van der Waals surface area contributed by atoms with Gasteiger partial charge < -0.3 is 5.32 Å². The van der Waals surface area contributed by atoms with Crippen LogP contribution in [0.1, 0.15) is 12.6 Å². The zero-order valence-electron chi connectivity index (χ0n) is 7.43. The molecule has 4 heteroatoms. The summed E-state index contributed by atoms with van der Waals surface area (Å²) in [6.07, 6.45) is 1.79. The molecule has 72 valence electrons. The molecular formula is C9H12BrClN2. The molecule has 0 fully saturated rings. The molecule has 1 heterocycles. The Hall–Kier alpha value is -0.120. The lowest BCUT2D eigenvalue weighted by Crippen LogP contribution is -2.27. The topological polar surface area (TPSA) is 24.9 Å². The number of aromatic nitrogens is 1. The molecule has 0 spiro atoms. The van der Waals surface area contributed by atoms with Crippen LogP contribution in [0.3, 0.4) is 0 Å². The van der Waals surface area contributed by atoms with E-state index in [2.05, 4.69) is 26.2 Å². The molecule has 0 aromatic carbocycles. The van der Waals surface area contributed by atoms with Crippen LogP contribution in [0.25, 0.3) is 0 Å². The minimum atomic E-state index is 0.326. The minimum Gasteiger partial charge on any atom is -0.307 e. The fraction of sp³-hybridized carbons (Fsp3) is 0.444. The zero-order chi connectivity index (χ0) is 9.68. The average Bonchev–Trinajstić information content (AvgIpc) is 2.16. The Balaban J connectivity index is 2.41. The fourth-order valence-corrected chi connectivity index (χ4v) is 1.19. The summed E-state index contributed by atoms with van der Waals surface area (Å²) in [6.45, 7) is 2.81. The molecule has 0 saturated heterocycles. The summed E-state index contributed by atoms with van der Waals surface area (Å²) in [5.41, 5.74) is 1.03. The Morgan fingerprint density at radius 2 is 2.38 bits per heavy atom. The first-order chi connectivity index (χ1) is 6.22. The van der Waals surface area contributed by atoms with Crippen molar-refractivity contribution in [1.29, 1.82) is 0 Å². The highest BCUT2D eigenvalue weighted by molar-refractivity contribution is 9.10. The number of rotatable bonds is 4. The van der Waals surface area contributed by atoms with E-state index in [4.69, 9.17) is 11.6 Å².